The molecule has 9 rings (SSSR count). The van der Waals surface area contributed by atoms with E-state index in [0.717, 1.165) is 66.8 Å². The topological polar surface area (TPSA) is 49.8 Å². The first-order chi connectivity index (χ1) is 26.0. The summed E-state index contributed by atoms with van der Waals surface area (Å²) in [6.07, 6.45) is 8.98. The number of hydrogen-bond donors (Lipinski definition) is 2. The van der Waals surface area contributed by atoms with Gasteiger partial charge in [0.2, 0.25) is 0 Å². The Balaban J connectivity index is 0.997. The molecule has 2 unspecified atom stereocenters. The Morgan fingerprint density at radius 2 is 0.870 bits per heavy atom. The lowest BCUT2D eigenvalue weighted by molar-refractivity contribution is 0.590. The van der Waals surface area contributed by atoms with Crippen molar-refractivity contribution in [3.63, 3.8) is 0 Å². The molecule has 0 bridgehead atoms. The van der Waals surface area contributed by atoms with Crippen LogP contribution in [0.1, 0.15) is 87.0 Å². The minimum Gasteiger partial charge on any atom is -0.372 e. The van der Waals surface area contributed by atoms with E-state index in [1.807, 2.05) is 0 Å². The van der Waals surface area contributed by atoms with Gasteiger partial charge in [0.25, 0.3) is 0 Å². The van der Waals surface area contributed by atoms with Gasteiger partial charge in [-0.05, 0) is 56.3 Å². The molecule has 2 atom stereocenters. The van der Waals surface area contributed by atoms with Crippen molar-refractivity contribution in [3.05, 3.63) is 167 Å². The van der Waals surface area contributed by atoms with Gasteiger partial charge in [0, 0.05) is 21.9 Å². The summed E-state index contributed by atoms with van der Waals surface area (Å²) >= 11 is 0. The second kappa shape index (κ2) is 12.8. The SMILES string of the molecule is CC(C)(C)c1ccc(-c2ccc3ccc4c(c3n2)NC(c2cccc(C3C=Cc5ccc6ccc(-c7ccc(C(C)(C)C)cc7)nc6c5N3)c2)C=C4)cc1. The van der Waals surface area contributed by atoms with E-state index < -0.39 is 0 Å². The molecule has 0 amide bonds. The van der Waals surface area contributed by atoms with Gasteiger partial charge in [0.15, 0.2) is 0 Å². The van der Waals surface area contributed by atoms with Crippen LogP contribution >= 0.6 is 0 Å². The van der Waals surface area contributed by atoms with Crippen molar-refractivity contribution in [2.45, 2.75) is 64.5 Å². The molecular formula is C50H46N4. The lowest BCUT2D eigenvalue weighted by Crippen LogP contribution is -2.16. The van der Waals surface area contributed by atoms with E-state index in [2.05, 4.69) is 198 Å². The maximum atomic E-state index is 5.23. The van der Waals surface area contributed by atoms with Crippen LogP contribution < -0.4 is 10.6 Å². The number of nitrogens with zero attached hydrogens (tertiary/aromatic N) is 2. The van der Waals surface area contributed by atoms with Crippen molar-refractivity contribution < 1.29 is 0 Å². The zero-order valence-electron chi connectivity index (χ0n) is 31.9. The van der Waals surface area contributed by atoms with E-state index in [4.69, 9.17) is 9.97 Å². The molecule has 2 aliphatic heterocycles. The monoisotopic (exact) mass is 702 g/mol. The predicted molar refractivity (Wildman–Crippen MR) is 229 cm³/mol. The molecule has 0 saturated carbocycles. The standard InChI is InChI=1S/C50H46N4/c1-49(2,3)39-22-14-31(15-23-39)41-26-18-33-10-12-35-20-28-43(53-47(35)45(33)51-41)37-8-7-9-38(30-37)44-29-21-36-13-11-34-19-27-42(52-46(34)48(36)54-44)32-16-24-40(25-17-32)50(4,5)6/h7-30,43-44,53-54H,1-6H3. The summed E-state index contributed by atoms with van der Waals surface area (Å²) in [5.74, 6) is 0. The van der Waals surface area contributed by atoms with Gasteiger partial charge in [0.1, 0.15) is 0 Å². The first-order valence-electron chi connectivity index (χ1n) is 19.1. The number of benzene rings is 5. The van der Waals surface area contributed by atoms with Crippen LogP contribution in [-0.2, 0) is 10.8 Å². The molecule has 54 heavy (non-hydrogen) atoms. The van der Waals surface area contributed by atoms with Gasteiger partial charge in [-0.25, -0.2) is 9.97 Å². The van der Waals surface area contributed by atoms with Crippen LogP contribution in [0.5, 0.6) is 0 Å². The first kappa shape index (κ1) is 33.8. The van der Waals surface area contributed by atoms with Gasteiger partial charge < -0.3 is 10.6 Å². The summed E-state index contributed by atoms with van der Waals surface area (Å²) in [4.78, 5) is 10.5. The number of nitrogens with one attached hydrogen (secondary N) is 2. The summed E-state index contributed by atoms with van der Waals surface area (Å²) in [5.41, 5.74) is 15.9. The molecule has 4 heterocycles. The van der Waals surface area contributed by atoms with E-state index in [-0.39, 0.29) is 22.9 Å². The van der Waals surface area contributed by atoms with E-state index in [1.54, 1.807) is 0 Å². The molecule has 2 aliphatic rings. The molecule has 0 aliphatic carbocycles. The van der Waals surface area contributed by atoms with E-state index >= 15 is 0 Å². The predicted octanol–water partition coefficient (Wildman–Crippen LogP) is 13.1. The van der Waals surface area contributed by atoms with E-state index in [1.165, 1.54) is 22.3 Å². The van der Waals surface area contributed by atoms with Gasteiger partial charge >= 0.3 is 0 Å². The summed E-state index contributed by atoms with van der Waals surface area (Å²) in [5, 5.41) is 9.99. The molecular weight excluding hydrogens is 657 g/mol. The Morgan fingerprint density at radius 1 is 0.463 bits per heavy atom. The number of pyridine rings is 2. The van der Waals surface area contributed by atoms with Crippen LogP contribution in [0.2, 0.25) is 0 Å². The van der Waals surface area contributed by atoms with Crippen LogP contribution in [0.15, 0.2) is 133 Å². The summed E-state index contributed by atoms with van der Waals surface area (Å²) in [6, 6.07) is 44.0. The zero-order chi connectivity index (χ0) is 37.2. The van der Waals surface area contributed by atoms with Crippen LogP contribution in [0.25, 0.3) is 56.5 Å². The van der Waals surface area contributed by atoms with Crippen LogP contribution in [0.4, 0.5) is 11.4 Å². The highest BCUT2D eigenvalue weighted by Crippen LogP contribution is 2.40. The van der Waals surface area contributed by atoms with Crippen molar-refractivity contribution >= 4 is 45.3 Å². The van der Waals surface area contributed by atoms with Gasteiger partial charge in [-0.2, -0.15) is 0 Å². The molecule has 2 N–H and O–H groups in total. The third-order valence-electron chi connectivity index (χ3n) is 11.0. The molecule has 0 fully saturated rings. The molecule has 0 spiro atoms. The van der Waals surface area contributed by atoms with Crippen LogP contribution in [0.3, 0.4) is 0 Å². The maximum absolute atomic E-state index is 5.23. The van der Waals surface area contributed by atoms with Crippen molar-refractivity contribution in [2.75, 3.05) is 10.6 Å². The van der Waals surface area contributed by atoms with Crippen molar-refractivity contribution in [1.29, 1.82) is 0 Å². The lowest BCUT2D eigenvalue weighted by Gasteiger charge is -2.27. The minimum atomic E-state index is 0.00848. The Labute approximate surface area is 318 Å². The molecule has 4 nitrogen and oxygen atoms in total. The van der Waals surface area contributed by atoms with Gasteiger partial charge in [-0.15, -0.1) is 0 Å². The zero-order valence-corrected chi connectivity index (χ0v) is 31.9. The normalized spacial score (nSPS) is 16.5. The smallest absolute Gasteiger partial charge is 0.0947 e. The average molecular weight is 703 g/mol. The van der Waals surface area contributed by atoms with E-state index in [9.17, 15) is 0 Å². The lowest BCUT2D eigenvalue weighted by atomic mass is 9.86. The van der Waals surface area contributed by atoms with Gasteiger partial charge in [-0.1, -0.05) is 175 Å². The molecule has 4 heteroatoms. The molecule has 0 saturated heterocycles. The molecule has 0 radical (unpaired) electrons. The molecule has 266 valence electrons. The number of fused-ring (bicyclic) bond motifs is 6. The summed E-state index contributed by atoms with van der Waals surface area (Å²) < 4.78 is 0. The fraction of sp³-hybridized carbons (Fsp3) is 0.200. The number of hydrogen-bond acceptors (Lipinski definition) is 4. The second-order valence-electron chi connectivity index (χ2n) is 16.9. The first-order valence-corrected chi connectivity index (χ1v) is 19.1. The number of rotatable bonds is 4. The Hall–Kier alpha value is -6.00. The third kappa shape index (κ3) is 6.26. The molecule has 7 aromatic rings. The highest BCUT2D eigenvalue weighted by atomic mass is 15.0. The molecule has 5 aromatic carbocycles. The van der Waals surface area contributed by atoms with Crippen LogP contribution in [-0.4, -0.2) is 9.97 Å². The van der Waals surface area contributed by atoms with E-state index in [0.29, 0.717) is 0 Å². The van der Waals surface area contributed by atoms with Crippen molar-refractivity contribution in [1.82, 2.24) is 9.97 Å². The Kier molecular flexibility index (Phi) is 8.04. The quantitative estimate of drug-likeness (QED) is 0.192. The Morgan fingerprint density at radius 3 is 1.28 bits per heavy atom. The van der Waals surface area contributed by atoms with Crippen LogP contribution in [0, 0.1) is 0 Å². The fourth-order valence-electron chi connectivity index (χ4n) is 7.74. The third-order valence-corrected chi connectivity index (χ3v) is 11.0. The summed E-state index contributed by atoms with van der Waals surface area (Å²) in [7, 11) is 0. The second-order valence-corrected chi connectivity index (χ2v) is 16.9. The van der Waals surface area contributed by atoms with Gasteiger partial charge in [0.05, 0.1) is 45.9 Å². The minimum absolute atomic E-state index is 0.00848. The van der Waals surface area contributed by atoms with Crippen molar-refractivity contribution in [3.8, 4) is 22.5 Å². The largest absolute Gasteiger partial charge is 0.372 e. The highest BCUT2D eigenvalue weighted by Gasteiger charge is 2.22. The maximum Gasteiger partial charge on any atom is 0.0947 e. The molecule has 2 aromatic heterocycles. The average Bonchev–Trinajstić information content (AvgIpc) is 3.19. The number of anilines is 2. The van der Waals surface area contributed by atoms with Gasteiger partial charge in [-0.3, -0.25) is 0 Å². The Bertz CT molecular complexity index is 2440. The summed E-state index contributed by atoms with van der Waals surface area (Å²) in [6.45, 7) is 13.5. The highest BCUT2D eigenvalue weighted by molar-refractivity contribution is 5.98. The number of aromatic nitrogens is 2. The fourth-order valence-corrected chi connectivity index (χ4v) is 7.74. The van der Waals surface area contributed by atoms with Crippen molar-refractivity contribution in [2.24, 2.45) is 0 Å².